The lowest BCUT2D eigenvalue weighted by molar-refractivity contribution is -0.159. The molecule has 0 bridgehead atoms. The number of hydrogen-bond donors (Lipinski definition) is 0. The third-order valence-corrected chi connectivity index (χ3v) is 5.38. The zero-order valence-corrected chi connectivity index (χ0v) is 21.7. The number of allylic oxidation sites excluding steroid dienone is 4. The molecule has 0 aromatic heterocycles. The molecule has 0 aromatic carbocycles. The summed E-state index contributed by atoms with van der Waals surface area (Å²) in [5.74, 6) is -0.146. The summed E-state index contributed by atoms with van der Waals surface area (Å²) in [6.45, 7) is 6.16. The van der Waals surface area contributed by atoms with Gasteiger partial charge in [0.1, 0.15) is 0 Å². The van der Waals surface area contributed by atoms with Gasteiger partial charge in [-0.05, 0) is 64.2 Å². The summed E-state index contributed by atoms with van der Waals surface area (Å²) in [7, 11) is 0. The molecule has 0 spiro atoms. The van der Waals surface area contributed by atoms with Crippen LogP contribution in [0, 0.1) is 0 Å². The van der Waals surface area contributed by atoms with Crippen LogP contribution in [0.2, 0.25) is 0 Å². The van der Waals surface area contributed by atoms with Gasteiger partial charge in [0.05, 0.1) is 13.0 Å². The molecule has 0 heterocycles. The van der Waals surface area contributed by atoms with Gasteiger partial charge in [-0.2, -0.15) is 0 Å². The molecular weight excluding hydrogens is 456 g/mol. The first-order valence-corrected chi connectivity index (χ1v) is 13.6. The molecule has 0 unspecified atom stereocenters. The first-order valence-electron chi connectivity index (χ1n) is 12.5. The number of carbonyl (C=O) groups excluding carboxylic acids is 1. The van der Waals surface area contributed by atoms with Crippen molar-refractivity contribution in [2.45, 2.75) is 110 Å². The van der Waals surface area contributed by atoms with Crippen molar-refractivity contribution >= 4 is 21.9 Å². The van der Waals surface area contributed by atoms with Gasteiger partial charge < -0.3 is 14.2 Å². The van der Waals surface area contributed by atoms with Crippen LogP contribution in [0.3, 0.4) is 0 Å². The Bertz CT molecular complexity index is 413. The van der Waals surface area contributed by atoms with Gasteiger partial charge in [-0.1, -0.05) is 66.9 Å². The quantitative estimate of drug-likeness (QED) is 0.0467. The minimum atomic E-state index is -0.316. The molecule has 31 heavy (non-hydrogen) atoms. The number of carbonyl (C=O) groups is 1. The highest BCUT2D eigenvalue weighted by Crippen LogP contribution is 2.10. The predicted octanol–water partition coefficient (Wildman–Crippen LogP) is 7.90. The molecule has 0 fully saturated rings. The van der Waals surface area contributed by atoms with Gasteiger partial charge in [-0.25, -0.2) is 0 Å². The lowest BCUT2D eigenvalue weighted by Gasteiger charge is -2.18. The summed E-state index contributed by atoms with van der Waals surface area (Å²) in [5, 5.41) is 1.04. The molecule has 0 saturated carbocycles. The Morgan fingerprint density at radius 3 is 1.84 bits per heavy atom. The molecular formula is C26H47BrO4. The number of halogens is 1. The molecule has 0 radical (unpaired) electrons. The lowest BCUT2D eigenvalue weighted by Crippen LogP contribution is -2.21. The summed E-state index contributed by atoms with van der Waals surface area (Å²) in [5.41, 5.74) is 0. The van der Waals surface area contributed by atoms with Crippen LogP contribution in [0.5, 0.6) is 0 Å². The highest BCUT2D eigenvalue weighted by Gasteiger charge is 2.13. The summed E-state index contributed by atoms with van der Waals surface area (Å²) in [4.78, 5) is 12.0. The average Bonchev–Trinajstić information content (AvgIpc) is 2.77. The standard InChI is InChI=1S/C26H47BrO4/c1-3-5-7-9-12-17-23-30-26(31-24-18-13-10-8-6-4-2)20-19-25(28)29-22-16-14-11-15-21-27/h5-8,26H,3-4,9-24H2,1-2H3/b7-5-,8-6-. The van der Waals surface area contributed by atoms with E-state index in [2.05, 4.69) is 54.1 Å². The van der Waals surface area contributed by atoms with Crippen molar-refractivity contribution in [2.24, 2.45) is 0 Å². The van der Waals surface area contributed by atoms with E-state index in [1.165, 1.54) is 12.8 Å². The van der Waals surface area contributed by atoms with Crippen LogP contribution in [-0.4, -0.2) is 37.4 Å². The Hall–Kier alpha value is -0.650. The number of unbranched alkanes of at least 4 members (excludes halogenated alkanes) is 7. The number of esters is 1. The fraction of sp³-hybridized carbons (Fsp3) is 0.808. The fourth-order valence-corrected chi connectivity index (χ4v) is 3.38. The average molecular weight is 504 g/mol. The van der Waals surface area contributed by atoms with E-state index < -0.39 is 0 Å². The van der Waals surface area contributed by atoms with E-state index in [-0.39, 0.29) is 12.3 Å². The predicted molar refractivity (Wildman–Crippen MR) is 135 cm³/mol. The minimum Gasteiger partial charge on any atom is -0.466 e. The van der Waals surface area contributed by atoms with E-state index in [9.17, 15) is 4.79 Å². The van der Waals surface area contributed by atoms with Crippen LogP contribution in [-0.2, 0) is 19.0 Å². The monoisotopic (exact) mass is 502 g/mol. The van der Waals surface area contributed by atoms with Crippen molar-refractivity contribution in [1.29, 1.82) is 0 Å². The summed E-state index contributed by atoms with van der Waals surface area (Å²) in [6.07, 6.45) is 22.5. The van der Waals surface area contributed by atoms with Crippen LogP contribution in [0.25, 0.3) is 0 Å². The summed E-state index contributed by atoms with van der Waals surface area (Å²) >= 11 is 3.43. The fourth-order valence-electron chi connectivity index (χ4n) is 2.99. The second kappa shape index (κ2) is 25.6. The van der Waals surface area contributed by atoms with E-state index in [4.69, 9.17) is 14.2 Å². The molecule has 0 saturated heterocycles. The maximum absolute atomic E-state index is 12.0. The molecule has 0 N–H and O–H groups in total. The highest BCUT2D eigenvalue weighted by molar-refractivity contribution is 9.09. The zero-order chi connectivity index (χ0) is 22.8. The van der Waals surface area contributed by atoms with Crippen LogP contribution in [0.15, 0.2) is 24.3 Å². The Morgan fingerprint density at radius 1 is 0.742 bits per heavy atom. The van der Waals surface area contributed by atoms with Gasteiger partial charge in [-0.3, -0.25) is 4.79 Å². The van der Waals surface area contributed by atoms with Crippen LogP contribution in [0.4, 0.5) is 0 Å². The Labute approximate surface area is 200 Å². The van der Waals surface area contributed by atoms with Gasteiger partial charge in [-0.15, -0.1) is 0 Å². The molecule has 0 aliphatic rings. The lowest BCUT2D eigenvalue weighted by atomic mass is 10.2. The third-order valence-electron chi connectivity index (χ3n) is 4.82. The topological polar surface area (TPSA) is 44.8 Å². The van der Waals surface area contributed by atoms with Crippen LogP contribution >= 0.6 is 15.9 Å². The van der Waals surface area contributed by atoms with Crippen molar-refractivity contribution in [2.75, 3.05) is 25.2 Å². The molecule has 0 aliphatic carbocycles. The third kappa shape index (κ3) is 23.8. The second-order valence-electron chi connectivity index (χ2n) is 7.78. The molecule has 0 aliphatic heterocycles. The van der Waals surface area contributed by atoms with Crippen molar-refractivity contribution in [3.63, 3.8) is 0 Å². The highest BCUT2D eigenvalue weighted by atomic mass is 79.9. The minimum absolute atomic E-state index is 0.146. The van der Waals surface area contributed by atoms with E-state index in [0.717, 1.165) is 69.5 Å². The molecule has 0 aromatic rings. The molecule has 0 atom stereocenters. The Balaban J connectivity index is 4.07. The van der Waals surface area contributed by atoms with Crippen molar-refractivity contribution in [3.8, 4) is 0 Å². The Kier molecular flexibility index (Phi) is 25.1. The van der Waals surface area contributed by atoms with Crippen molar-refractivity contribution in [3.05, 3.63) is 24.3 Å². The maximum Gasteiger partial charge on any atom is 0.305 e. The van der Waals surface area contributed by atoms with Gasteiger partial charge in [0.2, 0.25) is 0 Å². The van der Waals surface area contributed by atoms with Gasteiger partial charge in [0, 0.05) is 25.0 Å². The number of ether oxygens (including phenoxy) is 3. The molecule has 4 nitrogen and oxygen atoms in total. The first kappa shape index (κ1) is 30.4. The number of hydrogen-bond acceptors (Lipinski definition) is 4. The van der Waals surface area contributed by atoms with Crippen LogP contribution < -0.4 is 0 Å². The Morgan fingerprint density at radius 2 is 1.29 bits per heavy atom. The normalized spacial score (nSPS) is 11.9. The van der Waals surface area contributed by atoms with E-state index >= 15 is 0 Å². The summed E-state index contributed by atoms with van der Waals surface area (Å²) < 4.78 is 17.2. The maximum atomic E-state index is 12.0. The molecule has 0 rings (SSSR count). The number of rotatable bonds is 23. The smallest absolute Gasteiger partial charge is 0.305 e. The van der Waals surface area contributed by atoms with Crippen molar-refractivity contribution in [1.82, 2.24) is 0 Å². The second-order valence-corrected chi connectivity index (χ2v) is 8.58. The van der Waals surface area contributed by atoms with E-state index in [0.29, 0.717) is 32.7 Å². The zero-order valence-electron chi connectivity index (χ0n) is 20.1. The molecule has 182 valence electrons. The van der Waals surface area contributed by atoms with E-state index in [1.54, 1.807) is 0 Å². The van der Waals surface area contributed by atoms with Gasteiger partial charge in [0.15, 0.2) is 6.29 Å². The molecule has 5 heteroatoms. The van der Waals surface area contributed by atoms with Gasteiger partial charge in [0.25, 0.3) is 0 Å². The first-order chi connectivity index (χ1) is 15.2. The van der Waals surface area contributed by atoms with E-state index in [1.807, 2.05) is 0 Å². The van der Waals surface area contributed by atoms with Gasteiger partial charge >= 0.3 is 5.97 Å². The molecule has 0 amide bonds. The largest absolute Gasteiger partial charge is 0.466 e. The summed E-state index contributed by atoms with van der Waals surface area (Å²) in [6, 6.07) is 0. The van der Waals surface area contributed by atoms with Crippen molar-refractivity contribution < 1.29 is 19.0 Å². The number of alkyl halides is 1. The van der Waals surface area contributed by atoms with Crippen LogP contribution in [0.1, 0.15) is 104 Å². The SMILES string of the molecule is CC/C=C\CCCCOC(CCC(=O)OCCCCCCBr)OCCCC/C=C\CC.